The maximum atomic E-state index is 15.2. The van der Waals surface area contributed by atoms with Crippen LogP contribution < -0.4 is 10.3 Å². The molecule has 2 saturated heterocycles. The van der Waals surface area contributed by atoms with Gasteiger partial charge in [-0.25, -0.2) is 4.98 Å². The number of imide groups is 2. The Morgan fingerprint density at radius 3 is 2.32 bits per heavy atom. The molecule has 3 fully saturated rings. The summed E-state index contributed by atoms with van der Waals surface area (Å²) in [7, 11) is 0. The van der Waals surface area contributed by atoms with E-state index >= 15 is 4.79 Å². The molecule has 10 nitrogen and oxygen atoms in total. The summed E-state index contributed by atoms with van der Waals surface area (Å²) >= 11 is 14.6. The van der Waals surface area contributed by atoms with Gasteiger partial charge in [0.1, 0.15) is 23.5 Å². The van der Waals surface area contributed by atoms with Crippen LogP contribution in [0.5, 0.6) is 0 Å². The van der Waals surface area contributed by atoms with E-state index in [9.17, 15) is 32.7 Å². The summed E-state index contributed by atoms with van der Waals surface area (Å²) in [5.74, 6) is -6.86. The molecule has 0 unspecified atom stereocenters. The average molecular weight is 877 g/mol. The SMILES string of the molecule is O=C1[C@@H]2C[C@@H]3C(=CC[C@@H]4C(=O)N(c5ccc(I)cc5)C(=O)[C@@H]43)[C@H](c3ccc(CO)o3)[C@]2(c2ccc(Cl)cc2)C(=O)N1Nc1ncc(C(F)(F)F)cc1Cl. The Labute approximate surface area is 323 Å². The highest BCUT2D eigenvalue weighted by Gasteiger charge is 2.71. The first kappa shape index (κ1) is 35.8. The third kappa shape index (κ3) is 5.50. The molecule has 1 saturated carbocycles. The number of alkyl halides is 3. The lowest BCUT2D eigenvalue weighted by Crippen LogP contribution is -2.53. The molecule has 2 aliphatic heterocycles. The number of hydrazine groups is 1. The minimum Gasteiger partial charge on any atom is -0.463 e. The first-order valence-electron chi connectivity index (χ1n) is 16.4. The predicted molar refractivity (Wildman–Crippen MR) is 193 cm³/mol. The largest absolute Gasteiger partial charge is 0.463 e. The van der Waals surface area contributed by atoms with Crippen LogP contribution in [0.2, 0.25) is 10.0 Å². The van der Waals surface area contributed by atoms with E-state index < -0.39 is 76.1 Å². The summed E-state index contributed by atoms with van der Waals surface area (Å²) in [4.78, 5) is 63.2. The zero-order valence-corrected chi connectivity index (χ0v) is 30.8. The number of amides is 4. The Balaban J connectivity index is 1.29. The molecule has 2 N–H and O–H groups in total. The summed E-state index contributed by atoms with van der Waals surface area (Å²) in [5, 5.41) is 10.5. The standard InChI is InChI=1S/C37H26Cl2F3IN4O6/c38-19-3-1-17(2-4-19)36-26(33(50)47(35(36)52)45-31-27(39)13-18(15-44-31)37(40,41)42)14-25-23(30(36)28-12-9-22(16-48)53-28)10-11-24-29(25)34(51)46(32(24)49)21-7-5-20(43)6-8-21/h1-10,12-13,15,24-26,29-30,48H,11,14,16H2,(H,44,45)/t24-,25+,26-,29-,30+,36+/m0/s1. The van der Waals surface area contributed by atoms with E-state index in [0.717, 1.165) is 3.57 Å². The third-order valence-corrected chi connectivity index (χ3v) is 12.0. The molecule has 0 radical (unpaired) electrons. The number of anilines is 2. The number of hydrogen-bond acceptors (Lipinski definition) is 8. The lowest BCUT2D eigenvalue weighted by atomic mass is 9.50. The number of aliphatic hydroxyl groups is 1. The van der Waals surface area contributed by atoms with Crippen molar-refractivity contribution in [2.45, 2.75) is 37.0 Å². The number of nitrogens with one attached hydrogen (secondary N) is 1. The van der Waals surface area contributed by atoms with E-state index in [4.69, 9.17) is 27.6 Å². The van der Waals surface area contributed by atoms with Crippen LogP contribution in [0.4, 0.5) is 24.7 Å². The van der Waals surface area contributed by atoms with Crippen LogP contribution in [-0.2, 0) is 37.4 Å². The summed E-state index contributed by atoms with van der Waals surface area (Å²) < 4.78 is 47.3. The Kier molecular flexibility index (Phi) is 8.74. The lowest BCUT2D eigenvalue weighted by Gasteiger charge is -2.49. The molecule has 6 atom stereocenters. The normalized spacial score (nSPS) is 26.8. The van der Waals surface area contributed by atoms with Crippen molar-refractivity contribution in [3.63, 3.8) is 0 Å². The number of furan rings is 1. The number of nitrogens with zero attached hydrogens (tertiary/aromatic N) is 3. The molecule has 4 heterocycles. The van der Waals surface area contributed by atoms with Gasteiger partial charge in [-0.05, 0) is 102 Å². The number of carbonyl (C=O) groups excluding carboxylic acids is 4. The fraction of sp³-hybridized carbons (Fsp3) is 0.270. The number of fused-ring (bicyclic) bond motifs is 4. The van der Waals surface area contributed by atoms with Crippen LogP contribution in [0.3, 0.4) is 0 Å². The van der Waals surface area contributed by atoms with E-state index in [1.165, 1.54) is 4.90 Å². The quantitative estimate of drug-likeness (QED) is 0.117. The Bertz CT molecular complexity index is 2230. The number of hydrogen-bond donors (Lipinski definition) is 2. The number of aromatic nitrogens is 1. The van der Waals surface area contributed by atoms with Gasteiger partial charge < -0.3 is 9.52 Å². The zero-order chi connectivity index (χ0) is 37.6. The molecule has 4 aliphatic rings. The maximum Gasteiger partial charge on any atom is 0.417 e. The highest BCUT2D eigenvalue weighted by molar-refractivity contribution is 14.1. The minimum absolute atomic E-state index is 0.0455. The summed E-state index contributed by atoms with van der Waals surface area (Å²) in [6.45, 7) is -0.464. The number of rotatable bonds is 6. The summed E-state index contributed by atoms with van der Waals surface area (Å²) in [5.41, 5.74) is 1.11. The van der Waals surface area contributed by atoms with Crippen molar-refractivity contribution in [2.24, 2.45) is 23.7 Å². The zero-order valence-electron chi connectivity index (χ0n) is 27.1. The number of pyridine rings is 1. The first-order chi connectivity index (χ1) is 25.2. The minimum atomic E-state index is -4.75. The van der Waals surface area contributed by atoms with Gasteiger partial charge in [0.15, 0.2) is 5.82 Å². The van der Waals surface area contributed by atoms with Crippen molar-refractivity contribution >= 4 is 80.9 Å². The highest BCUT2D eigenvalue weighted by atomic mass is 127. The van der Waals surface area contributed by atoms with E-state index in [2.05, 4.69) is 33.0 Å². The number of allylic oxidation sites excluding steroid dienone is 2. The van der Waals surface area contributed by atoms with E-state index in [-0.39, 0.29) is 36.1 Å². The molecule has 4 amide bonds. The molecule has 272 valence electrons. The molecule has 0 spiro atoms. The Hall–Kier alpha value is -4.25. The summed E-state index contributed by atoms with van der Waals surface area (Å²) in [6, 6.07) is 17.1. The molecular weight excluding hydrogens is 851 g/mol. The van der Waals surface area contributed by atoms with E-state index in [1.54, 1.807) is 60.7 Å². The van der Waals surface area contributed by atoms with Crippen LogP contribution in [0.1, 0.15) is 41.4 Å². The van der Waals surface area contributed by atoms with Crippen molar-refractivity contribution < 1.29 is 41.9 Å². The van der Waals surface area contributed by atoms with Crippen LogP contribution in [-0.4, -0.2) is 38.7 Å². The molecule has 8 rings (SSSR count). The number of aliphatic hydroxyl groups excluding tert-OH is 1. The van der Waals surface area contributed by atoms with Crippen molar-refractivity contribution in [3.8, 4) is 0 Å². The van der Waals surface area contributed by atoms with Crippen LogP contribution in [0.15, 0.2) is 89.0 Å². The monoisotopic (exact) mass is 876 g/mol. The van der Waals surface area contributed by atoms with Gasteiger partial charge in [-0.3, -0.25) is 29.5 Å². The van der Waals surface area contributed by atoms with E-state index in [0.29, 0.717) is 39.1 Å². The maximum absolute atomic E-state index is 15.2. The predicted octanol–water partition coefficient (Wildman–Crippen LogP) is 7.29. The van der Waals surface area contributed by atoms with Gasteiger partial charge >= 0.3 is 6.18 Å². The molecule has 2 aromatic heterocycles. The third-order valence-electron chi connectivity index (χ3n) is 10.8. The number of carbonyl (C=O) groups is 4. The molecule has 2 aliphatic carbocycles. The second-order valence-corrected chi connectivity index (χ2v) is 15.5. The average Bonchev–Trinajstić information content (AvgIpc) is 3.77. The first-order valence-corrected chi connectivity index (χ1v) is 18.3. The van der Waals surface area contributed by atoms with Gasteiger partial charge in [-0.15, -0.1) is 0 Å². The smallest absolute Gasteiger partial charge is 0.417 e. The molecule has 53 heavy (non-hydrogen) atoms. The van der Waals surface area contributed by atoms with Gasteiger partial charge in [0.05, 0.1) is 39.9 Å². The molecule has 0 bridgehead atoms. The highest BCUT2D eigenvalue weighted by Crippen LogP contribution is 2.64. The van der Waals surface area contributed by atoms with Crippen molar-refractivity contribution in [1.82, 2.24) is 9.99 Å². The molecular formula is C37H26Cl2F3IN4O6. The fourth-order valence-electron chi connectivity index (χ4n) is 8.57. The topological polar surface area (TPSA) is 133 Å². The number of halogens is 6. The van der Waals surface area contributed by atoms with Crippen LogP contribution >= 0.6 is 45.8 Å². The molecule has 4 aromatic rings. The van der Waals surface area contributed by atoms with Crippen molar-refractivity contribution in [2.75, 3.05) is 10.3 Å². The molecule has 2 aromatic carbocycles. The Morgan fingerprint density at radius 2 is 1.68 bits per heavy atom. The van der Waals surface area contributed by atoms with E-state index in [1.807, 2.05) is 6.08 Å². The van der Waals surface area contributed by atoms with Gasteiger partial charge in [-0.1, -0.05) is 47.0 Å². The van der Waals surface area contributed by atoms with Crippen molar-refractivity contribution in [3.05, 3.63) is 121 Å². The summed E-state index contributed by atoms with van der Waals surface area (Å²) in [6.07, 6.45) is -2.25. The van der Waals surface area contributed by atoms with Crippen LogP contribution in [0, 0.1) is 27.2 Å². The van der Waals surface area contributed by atoms with Crippen molar-refractivity contribution in [1.29, 1.82) is 0 Å². The van der Waals surface area contributed by atoms with Gasteiger partial charge in [0, 0.05) is 14.8 Å². The molecule has 16 heteroatoms. The van der Waals surface area contributed by atoms with Gasteiger partial charge in [0.2, 0.25) is 11.8 Å². The number of benzene rings is 2. The Morgan fingerprint density at radius 1 is 0.962 bits per heavy atom. The van der Waals surface area contributed by atoms with Crippen LogP contribution in [0.25, 0.3) is 0 Å². The van der Waals surface area contributed by atoms with Gasteiger partial charge in [0.25, 0.3) is 11.8 Å². The second-order valence-electron chi connectivity index (χ2n) is 13.4. The van der Waals surface area contributed by atoms with Gasteiger partial charge in [-0.2, -0.15) is 18.2 Å². The lowest BCUT2D eigenvalue weighted by molar-refractivity contribution is -0.139. The fourth-order valence-corrected chi connectivity index (χ4v) is 9.26. The second kappa shape index (κ2) is 13.0.